The molecule has 0 bridgehead atoms. The van der Waals surface area contributed by atoms with Crippen molar-refractivity contribution < 1.29 is 31.5 Å². The molecular formula is C8H10F5NO2. The van der Waals surface area contributed by atoms with Gasteiger partial charge in [0.1, 0.15) is 0 Å². The maximum absolute atomic E-state index is 12.4. The quantitative estimate of drug-likeness (QED) is 0.601. The van der Waals surface area contributed by atoms with Crippen molar-refractivity contribution in [2.45, 2.75) is 32.0 Å². The summed E-state index contributed by atoms with van der Waals surface area (Å²) in [4.78, 5) is 21.6. The van der Waals surface area contributed by atoms with Crippen LogP contribution in [0.5, 0.6) is 0 Å². The zero-order valence-corrected chi connectivity index (χ0v) is 8.44. The van der Waals surface area contributed by atoms with Gasteiger partial charge in [0.25, 0.3) is 5.78 Å². The van der Waals surface area contributed by atoms with Crippen LogP contribution in [0.1, 0.15) is 13.8 Å². The highest BCUT2D eigenvalue weighted by Crippen LogP contribution is 2.36. The molecule has 0 aromatic carbocycles. The first-order valence-electron chi connectivity index (χ1n) is 4.21. The van der Waals surface area contributed by atoms with Crippen molar-refractivity contribution in [2.24, 2.45) is 11.7 Å². The van der Waals surface area contributed by atoms with Gasteiger partial charge in [0.05, 0.1) is 6.04 Å². The molecule has 0 unspecified atom stereocenters. The van der Waals surface area contributed by atoms with Crippen molar-refractivity contribution in [1.82, 2.24) is 0 Å². The summed E-state index contributed by atoms with van der Waals surface area (Å²) >= 11 is 0. The van der Waals surface area contributed by atoms with E-state index in [2.05, 4.69) is 0 Å². The van der Waals surface area contributed by atoms with E-state index < -0.39 is 35.6 Å². The Morgan fingerprint density at radius 3 is 1.69 bits per heavy atom. The van der Waals surface area contributed by atoms with Gasteiger partial charge in [-0.25, -0.2) is 0 Å². The van der Waals surface area contributed by atoms with Crippen LogP contribution in [-0.4, -0.2) is 29.7 Å². The lowest BCUT2D eigenvalue weighted by Crippen LogP contribution is -2.52. The fourth-order valence-corrected chi connectivity index (χ4v) is 0.738. The van der Waals surface area contributed by atoms with Gasteiger partial charge in [0.15, 0.2) is 0 Å². The van der Waals surface area contributed by atoms with Gasteiger partial charge in [-0.3, -0.25) is 9.59 Å². The minimum absolute atomic E-state index is 0.708. The summed E-state index contributed by atoms with van der Waals surface area (Å²) in [6.45, 7) is 2.64. The average molecular weight is 247 g/mol. The molecule has 0 fully saturated rings. The van der Waals surface area contributed by atoms with Crippen LogP contribution in [0.4, 0.5) is 22.0 Å². The van der Waals surface area contributed by atoms with Crippen LogP contribution < -0.4 is 5.73 Å². The normalized spacial score (nSPS) is 15.1. The number of carbonyl (C=O) groups is 2. The predicted molar refractivity (Wildman–Crippen MR) is 43.8 cm³/mol. The molecule has 0 aliphatic carbocycles. The van der Waals surface area contributed by atoms with Crippen LogP contribution in [-0.2, 0) is 9.59 Å². The standard InChI is InChI=1S/C8H10F5NO2/c1-3(2)4(14)5(15)6(16)7(9,10)8(11,12)13/h3-4H,14H2,1-2H3/t4-/m0/s1. The molecule has 0 spiro atoms. The average Bonchev–Trinajstić information content (AvgIpc) is 2.12. The summed E-state index contributed by atoms with van der Waals surface area (Å²) < 4.78 is 60.1. The van der Waals surface area contributed by atoms with Crippen molar-refractivity contribution in [2.75, 3.05) is 0 Å². The van der Waals surface area contributed by atoms with Gasteiger partial charge in [0, 0.05) is 0 Å². The third kappa shape index (κ3) is 2.75. The number of halogens is 5. The lowest BCUT2D eigenvalue weighted by Gasteiger charge is -2.20. The van der Waals surface area contributed by atoms with E-state index in [0.29, 0.717) is 0 Å². The molecule has 0 saturated heterocycles. The predicted octanol–water partition coefficient (Wildman–Crippen LogP) is 1.31. The van der Waals surface area contributed by atoms with Gasteiger partial charge >= 0.3 is 12.1 Å². The molecule has 0 amide bonds. The minimum atomic E-state index is -6.09. The maximum Gasteiger partial charge on any atom is 0.461 e. The molecule has 16 heavy (non-hydrogen) atoms. The van der Waals surface area contributed by atoms with Crippen LogP contribution >= 0.6 is 0 Å². The zero-order chi connectivity index (χ0) is 13.3. The zero-order valence-electron chi connectivity index (χ0n) is 8.44. The molecule has 0 saturated carbocycles. The molecule has 0 heterocycles. The first-order valence-corrected chi connectivity index (χ1v) is 4.21. The topological polar surface area (TPSA) is 60.2 Å². The second kappa shape index (κ2) is 4.44. The Hall–Kier alpha value is -1.05. The number of Topliss-reactive ketones (excluding diaryl/α,β-unsaturated/α-hetero) is 2. The van der Waals surface area contributed by atoms with Crippen molar-refractivity contribution in [3.63, 3.8) is 0 Å². The smallest absolute Gasteiger partial charge is 0.321 e. The van der Waals surface area contributed by atoms with Crippen LogP contribution in [0.15, 0.2) is 0 Å². The van der Waals surface area contributed by atoms with E-state index in [0.717, 1.165) is 0 Å². The third-order valence-corrected chi connectivity index (χ3v) is 1.89. The molecule has 94 valence electrons. The van der Waals surface area contributed by atoms with Crippen molar-refractivity contribution >= 4 is 11.6 Å². The molecule has 8 heteroatoms. The van der Waals surface area contributed by atoms with Crippen LogP contribution in [0.25, 0.3) is 0 Å². The summed E-state index contributed by atoms with van der Waals surface area (Å²) in [5, 5.41) is 0. The highest BCUT2D eigenvalue weighted by Gasteiger charge is 2.65. The fourth-order valence-electron chi connectivity index (χ4n) is 0.738. The van der Waals surface area contributed by atoms with Gasteiger partial charge in [-0.1, -0.05) is 13.8 Å². The number of alkyl halides is 5. The molecule has 2 N–H and O–H groups in total. The Kier molecular flexibility index (Phi) is 4.15. The Balaban J connectivity index is 5.02. The van der Waals surface area contributed by atoms with Crippen LogP contribution in [0.2, 0.25) is 0 Å². The van der Waals surface area contributed by atoms with E-state index >= 15 is 0 Å². The second-order valence-corrected chi connectivity index (χ2v) is 3.54. The van der Waals surface area contributed by atoms with Gasteiger partial charge in [-0.15, -0.1) is 0 Å². The van der Waals surface area contributed by atoms with Crippen LogP contribution in [0, 0.1) is 5.92 Å². The Bertz CT molecular complexity index is 297. The second-order valence-electron chi connectivity index (χ2n) is 3.54. The minimum Gasteiger partial charge on any atom is -0.321 e. The summed E-state index contributed by atoms with van der Waals surface area (Å²) in [7, 11) is 0. The largest absolute Gasteiger partial charge is 0.461 e. The number of carbonyl (C=O) groups excluding carboxylic acids is 2. The van der Waals surface area contributed by atoms with Gasteiger partial charge in [0.2, 0.25) is 5.78 Å². The maximum atomic E-state index is 12.4. The highest BCUT2D eigenvalue weighted by atomic mass is 19.4. The SMILES string of the molecule is CC(C)[C@H](N)C(=O)C(=O)C(F)(F)C(F)(F)F. The Morgan fingerprint density at radius 1 is 1.06 bits per heavy atom. The van der Waals surface area contributed by atoms with Gasteiger partial charge < -0.3 is 5.73 Å². The summed E-state index contributed by atoms with van der Waals surface area (Å²) in [5.41, 5.74) is 5.03. The molecule has 1 atom stereocenters. The summed E-state index contributed by atoms with van der Waals surface area (Å²) in [6, 6.07) is -1.67. The molecule has 0 aliphatic heterocycles. The Morgan fingerprint density at radius 2 is 1.44 bits per heavy atom. The molecule has 3 nitrogen and oxygen atoms in total. The van der Waals surface area contributed by atoms with E-state index in [-0.39, 0.29) is 0 Å². The molecule has 0 rings (SSSR count). The molecule has 0 aliphatic rings. The van der Waals surface area contributed by atoms with Crippen molar-refractivity contribution in [1.29, 1.82) is 0 Å². The molecule has 0 aromatic heterocycles. The van der Waals surface area contributed by atoms with E-state index in [9.17, 15) is 31.5 Å². The van der Waals surface area contributed by atoms with E-state index in [1.165, 1.54) is 13.8 Å². The van der Waals surface area contributed by atoms with Gasteiger partial charge in [-0.2, -0.15) is 22.0 Å². The van der Waals surface area contributed by atoms with E-state index in [1.807, 2.05) is 0 Å². The van der Waals surface area contributed by atoms with E-state index in [1.54, 1.807) is 0 Å². The first-order chi connectivity index (χ1) is 6.93. The number of rotatable bonds is 4. The molecular weight excluding hydrogens is 237 g/mol. The lowest BCUT2D eigenvalue weighted by atomic mass is 9.96. The highest BCUT2D eigenvalue weighted by molar-refractivity contribution is 6.41. The lowest BCUT2D eigenvalue weighted by molar-refractivity contribution is -0.267. The fraction of sp³-hybridized carbons (Fsp3) is 0.750. The first kappa shape index (κ1) is 14.9. The number of hydrogen-bond acceptors (Lipinski definition) is 3. The monoisotopic (exact) mass is 247 g/mol. The van der Waals surface area contributed by atoms with Crippen molar-refractivity contribution in [3.05, 3.63) is 0 Å². The van der Waals surface area contributed by atoms with Crippen LogP contribution in [0.3, 0.4) is 0 Å². The Labute approximate surface area is 87.8 Å². The third-order valence-electron chi connectivity index (χ3n) is 1.89. The number of ketones is 2. The molecule has 0 aromatic rings. The summed E-state index contributed by atoms with van der Waals surface area (Å²) in [5.74, 6) is -11.1. The number of nitrogens with two attached hydrogens (primary N) is 1. The van der Waals surface area contributed by atoms with E-state index in [4.69, 9.17) is 5.73 Å². The number of hydrogen-bond donors (Lipinski definition) is 1. The van der Waals surface area contributed by atoms with Crippen molar-refractivity contribution in [3.8, 4) is 0 Å². The molecule has 0 radical (unpaired) electrons. The van der Waals surface area contributed by atoms with Gasteiger partial charge in [-0.05, 0) is 5.92 Å². The summed E-state index contributed by atoms with van der Waals surface area (Å²) in [6.07, 6.45) is -6.09.